The molecule has 2 aromatic heterocycles. The summed E-state index contributed by atoms with van der Waals surface area (Å²) in [6, 6.07) is 17.6. The molecule has 0 N–H and O–H groups in total. The predicted octanol–water partition coefficient (Wildman–Crippen LogP) is 4.31. The van der Waals surface area contributed by atoms with Crippen LogP contribution in [-0.2, 0) is 6.54 Å². The number of nitrogens with zero attached hydrogens (tertiary/aromatic N) is 4. The Kier molecular flexibility index (Phi) is 5.63. The fourth-order valence-electron chi connectivity index (χ4n) is 3.84. The van der Waals surface area contributed by atoms with Crippen molar-refractivity contribution in [2.45, 2.75) is 46.7 Å². The number of aryl methyl sites for hydroxylation is 1. The molecule has 0 aliphatic rings. The van der Waals surface area contributed by atoms with E-state index in [1.807, 2.05) is 73.0 Å². The first-order chi connectivity index (χ1) is 14.9. The van der Waals surface area contributed by atoms with Crippen molar-refractivity contribution in [3.8, 4) is 5.69 Å². The van der Waals surface area contributed by atoms with Crippen molar-refractivity contribution in [3.63, 3.8) is 0 Å². The quantitative estimate of drug-likeness (QED) is 0.470. The summed E-state index contributed by atoms with van der Waals surface area (Å²) in [7, 11) is 0. The SMILES string of the molecule is Cc1ccc(-n2c(=O)n(CCC(C)C)c(=O)c3c2ncn3C(C)c2ccccc2)cc1. The Hall–Kier alpha value is -3.41. The van der Waals surface area contributed by atoms with Crippen LogP contribution in [-0.4, -0.2) is 18.7 Å². The number of hydrogen-bond donors (Lipinski definition) is 0. The molecule has 0 amide bonds. The van der Waals surface area contributed by atoms with Crippen LogP contribution >= 0.6 is 0 Å². The molecule has 4 rings (SSSR count). The zero-order chi connectivity index (χ0) is 22.1. The topological polar surface area (TPSA) is 61.8 Å². The normalized spacial score (nSPS) is 12.5. The van der Waals surface area contributed by atoms with Crippen LogP contribution in [0.1, 0.15) is 44.4 Å². The van der Waals surface area contributed by atoms with E-state index in [0.717, 1.165) is 17.5 Å². The van der Waals surface area contributed by atoms with Gasteiger partial charge >= 0.3 is 5.69 Å². The fourth-order valence-corrected chi connectivity index (χ4v) is 3.84. The number of hydrogen-bond acceptors (Lipinski definition) is 3. The molecule has 160 valence electrons. The molecule has 0 aliphatic heterocycles. The molecule has 6 heteroatoms. The number of imidazole rings is 1. The molecular formula is C25H28N4O2. The summed E-state index contributed by atoms with van der Waals surface area (Å²) in [6.45, 7) is 8.59. The van der Waals surface area contributed by atoms with Crippen LogP contribution in [0.25, 0.3) is 16.9 Å². The standard InChI is InChI=1S/C25H28N4O2/c1-17(2)14-15-27-24(30)22-23(29(25(27)31)21-12-10-18(3)11-13-21)26-16-28(22)19(4)20-8-6-5-7-9-20/h5-13,16-17,19H,14-15H2,1-4H3. The number of fused-ring (bicyclic) bond motifs is 1. The van der Waals surface area contributed by atoms with Gasteiger partial charge in [0.1, 0.15) is 0 Å². The van der Waals surface area contributed by atoms with Crippen LogP contribution in [0.5, 0.6) is 0 Å². The van der Waals surface area contributed by atoms with Crippen molar-refractivity contribution in [3.05, 3.63) is 92.9 Å². The molecule has 0 radical (unpaired) electrons. The summed E-state index contributed by atoms with van der Waals surface area (Å²) >= 11 is 0. The van der Waals surface area contributed by atoms with E-state index in [4.69, 9.17) is 0 Å². The van der Waals surface area contributed by atoms with Gasteiger partial charge in [-0.05, 0) is 43.9 Å². The third-order valence-electron chi connectivity index (χ3n) is 5.78. The summed E-state index contributed by atoms with van der Waals surface area (Å²) < 4.78 is 4.80. The monoisotopic (exact) mass is 416 g/mol. The van der Waals surface area contributed by atoms with Crippen LogP contribution in [0.4, 0.5) is 0 Å². The van der Waals surface area contributed by atoms with Crippen LogP contribution in [0.15, 0.2) is 70.5 Å². The maximum atomic E-state index is 13.5. The van der Waals surface area contributed by atoms with E-state index in [9.17, 15) is 9.59 Å². The van der Waals surface area contributed by atoms with E-state index >= 15 is 0 Å². The van der Waals surface area contributed by atoms with Gasteiger partial charge in [-0.15, -0.1) is 0 Å². The number of rotatable bonds is 6. The van der Waals surface area contributed by atoms with Gasteiger partial charge in [-0.25, -0.2) is 14.3 Å². The lowest BCUT2D eigenvalue weighted by Gasteiger charge is -2.17. The molecule has 1 atom stereocenters. The Bertz CT molecular complexity index is 1310. The van der Waals surface area contributed by atoms with Gasteiger partial charge < -0.3 is 4.57 Å². The average Bonchev–Trinajstić information content (AvgIpc) is 3.20. The predicted molar refractivity (Wildman–Crippen MR) is 124 cm³/mol. The lowest BCUT2D eigenvalue weighted by Crippen LogP contribution is -2.40. The second-order valence-electron chi connectivity index (χ2n) is 8.50. The minimum atomic E-state index is -0.348. The van der Waals surface area contributed by atoms with Crippen molar-refractivity contribution in [2.75, 3.05) is 0 Å². The molecule has 0 spiro atoms. The van der Waals surface area contributed by atoms with E-state index in [1.165, 1.54) is 4.57 Å². The first-order valence-electron chi connectivity index (χ1n) is 10.7. The third kappa shape index (κ3) is 3.85. The van der Waals surface area contributed by atoms with Crippen molar-refractivity contribution < 1.29 is 0 Å². The second-order valence-corrected chi connectivity index (χ2v) is 8.50. The van der Waals surface area contributed by atoms with Gasteiger partial charge in [-0.1, -0.05) is 61.9 Å². The molecule has 0 fully saturated rings. The fraction of sp³-hybridized carbons (Fsp3) is 0.320. The van der Waals surface area contributed by atoms with Gasteiger partial charge in [0.15, 0.2) is 11.2 Å². The molecule has 0 saturated heterocycles. The average molecular weight is 417 g/mol. The van der Waals surface area contributed by atoms with Crippen LogP contribution < -0.4 is 11.2 Å². The lowest BCUT2D eigenvalue weighted by atomic mass is 10.1. The molecule has 0 saturated carbocycles. The number of benzene rings is 2. The highest BCUT2D eigenvalue weighted by Crippen LogP contribution is 2.22. The lowest BCUT2D eigenvalue weighted by molar-refractivity contribution is 0.491. The molecule has 0 aliphatic carbocycles. The third-order valence-corrected chi connectivity index (χ3v) is 5.78. The Morgan fingerprint density at radius 2 is 1.61 bits per heavy atom. The van der Waals surface area contributed by atoms with E-state index in [0.29, 0.717) is 29.3 Å². The summed E-state index contributed by atoms with van der Waals surface area (Å²) in [4.78, 5) is 31.5. The maximum Gasteiger partial charge on any atom is 0.337 e. The van der Waals surface area contributed by atoms with E-state index < -0.39 is 0 Å². The molecule has 0 bridgehead atoms. The second kappa shape index (κ2) is 8.38. The van der Waals surface area contributed by atoms with Gasteiger partial charge in [-0.3, -0.25) is 9.36 Å². The van der Waals surface area contributed by atoms with Gasteiger partial charge in [0, 0.05) is 6.54 Å². The highest BCUT2D eigenvalue weighted by molar-refractivity contribution is 5.73. The van der Waals surface area contributed by atoms with Gasteiger partial charge in [0.25, 0.3) is 5.56 Å². The van der Waals surface area contributed by atoms with Crippen molar-refractivity contribution >= 4 is 11.2 Å². The van der Waals surface area contributed by atoms with Crippen molar-refractivity contribution in [1.82, 2.24) is 18.7 Å². The van der Waals surface area contributed by atoms with Crippen molar-refractivity contribution in [1.29, 1.82) is 0 Å². The zero-order valence-electron chi connectivity index (χ0n) is 18.4. The summed E-state index contributed by atoms with van der Waals surface area (Å²) in [5, 5.41) is 0. The van der Waals surface area contributed by atoms with Crippen LogP contribution in [0, 0.1) is 12.8 Å². The van der Waals surface area contributed by atoms with Gasteiger partial charge in [0.05, 0.1) is 18.1 Å². The molecule has 2 heterocycles. The molecule has 2 aromatic carbocycles. The Balaban J connectivity index is 2.00. The molecule has 4 aromatic rings. The summed E-state index contributed by atoms with van der Waals surface area (Å²) in [5.41, 5.74) is 3.08. The largest absolute Gasteiger partial charge is 0.337 e. The minimum absolute atomic E-state index is 0.0959. The van der Waals surface area contributed by atoms with Crippen LogP contribution in [0.3, 0.4) is 0 Å². The maximum absolute atomic E-state index is 13.5. The first-order valence-corrected chi connectivity index (χ1v) is 10.7. The van der Waals surface area contributed by atoms with Gasteiger partial charge in [-0.2, -0.15) is 0 Å². The summed E-state index contributed by atoms with van der Waals surface area (Å²) in [5.74, 6) is 0.378. The molecule has 6 nitrogen and oxygen atoms in total. The Morgan fingerprint density at radius 1 is 0.935 bits per heavy atom. The molecular weight excluding hydrogens is 388 g/mol. The van der Waals surface area contributed by atoms with E-state index in [-0.39, 0.29) is 17.3 Å². The zero-order valence-corrected chi connectivity index (χ0v) is 18.4. The highest BCUT2D eigenvalue weighted by Gasteiger charge is 2.21. The van der Waals surface area contributed by atoms with Crippen molar-refractivity contribution in [2.24, 2.45) is 5.92 Å². The van der Waals surface area contributed by atoms with E-state index in [1.54, 1.807) is 10.9 Å². The first kappa shape index (κ1) is 20.8. The minimum Gasteiger partial charge on any atom is -0.317 e. The smallest absolute Gasteiger partial charge is 0.317 e. The van der Waals surface area contributed by atoms with E-state index in [2.05, 4.69) is 18.8 Å². The summed E-state index contributed by atoms with van der Waals surface area (Å²) in [6.07, 6.45) is 2.41. The Morgan fingerprint density at radius 3 is 2.26 bits per heavy atom. The molecule has 31 heavy (non-hydrogen) atoms. The number of aromatic nitrogens is 4. The van der Waals surface area contributed by atoms with Crippen LogP contribution in [0.2, 0.25) is 0 Å². The highest BCUT2D eigenvalue weighted by atomic mass is 16.2. The molecule has 1 unspecified atom stereocenters. The Labute approximate surface area is 181 Å². The van der Waals surface area contributed by atoms with Gasteiger partial charge in [0.2, 0.25) is 0 Å².